The van der Waals surface area contributed by atoms with E-state index in [1.54, 1.807) is 33.4 Å². The van der Waals surface area contributed by atoms with Gasteiger partial charge in [0, 0.05) is 32.6 Å². The molecule has 0 saturated heterocycles. The third-order valence-electron chi connectivity index (χ3n) is 4.24. The van der Waals surface area contributed by atoms with Crippen molar-refractivity contribution >= 4 is 5.91 Å². The van der Waals surface area contributed by atoms with Gasteiger partial charge in [-0.25, -0.2) is 14.5 Å². The topological polar surface area (TPSA) is 86.7 Å². The zero-order valence-corrected chi connectivity index (χ0v) is 13.5. The Kier molecular flexibility index (Phi) is 4.31. The number of hydrogen-bond donors (Lipinski definition) is 1. The van der Waals surface area contributed by atoms with Crippen LogP contribution in [0.2, 0.25) is 0 Å². The lowest BCUT2D eigenvalue weighted by Crippen LogP contribution is -2.36. The number of fused-ring (bicyclic) bond motifs is 1. The molecule has 3 heterocycles. The maximum Gasteiger partial charge on any atom is 0.345 e. The summed E-state index contributed by atoms with van der Waals surface area (Å²) >= 11 is 0. The summed E-state index contributed by atoms with van der Waals surface area (Å²) in [5.41, 5.74) is 0.498. The molecule has 0 aromatic carbocycles. The molecule has 3 rings (SSSR count). The van der Waals surface area contributed by atoms with Gasteiger partial charge in [0.05, 0.1) is 12.5 Å². The van der Waals surface area contributed by atoms with Gasteiger partial charge >= 0.3 is 5.69 Å². The van der Waals surface area contributed by atoms with Gasteiger partial charge in [-0.1, -0.05) is 6.92 Å². The van der Waals surface area contributed by atoms with Gasteiger partial charge in [-0.3, -0.25) is 9.36 Å². The van der Waals surface area contributed by atoms with Gasteiger partial charge in [0.25, 0.3) is 5.91 Å². The molecule has 0 aliphatic carbocycles. The van der Waals surface area contributed by atoms with Gasteiger partial charge in [0.15, 0.2) is 0 Å². The fourth-order valence-corrected chi connectivity index (χ4v) is 2.97. The van der Waals surface area contributed by atoms with Crippen LogP contribution in [0, 0.1) is 0 Å². The molecule has 124 valence electrons. The van der Waals surface area contributed by atoms with Gasteiger partial charge in [-0.2, -0.15) is 5.10 Å². The number of nitrogens with one attached hydrogen (secondary N) is 1. The van der Waals surface area contributed by atoms with Crippen LogP contribution in [-0.4, -0.2) is 35.8 Å². The first kappa shape index (κ1) is 15.5. The van der Waals surface area contributed by atoms with Crippen LogP contribution in [0.15, 0.2) is 17.3 Å². The zero-order chi connectivity index (χ0) is 16.4. The van der Waals surface area contributed by atoms with Gasteiger partial charge in [0.1, 0.15) is 11.5 Å². The van der Waals surface area contributed by atoms with E-state index in [0.717, 1.165) is 25.1 Å². The molecule has 1 N–H and O–H groups in total. The second-order valence-corrected chi connectivity index (χ2v) is 5.96. The molecule has 0 bridgehead atoms. The van der Waals surface area contributed by atoms with Gasteiger partial charge < -0.3 is 9.88 Å². The van der Waals surface area contributed by atoms with Gasteiger partial charge in [0.2, 0.25) is 0 Å². The van der Waals surface area contributed by atoms with Crippen molar-refractivity contribution < 1.29 is 4.79 Å². The average molecular weight is 318 g/mol. The Hall–Kier alpha value is -2.38. The molecule has 0 saturated carbocycles. The van der Waals surface area contributed by atoms with Gasteiger partial charge in [-0.15, -0.1) is 0 Å². The van der Waals surface area contributed by atoms with Crippen molar-refractivity contribution in [1.29, 1.82) is 0 Å². The van der Waals surface area contributed by atoms with E-state index in [9.17, 15) is 9.59 Å². The van der Waals surface area contributed by atoms with E-state index in [1.807, 2.05) is 6.92 Å². The van der Waals surface area contributed by atoms with E-state index in [-0.39, 0.29) is 17.6 Å². The zero-order valence-electron chi connectivity index (χ0n) is 13.5. The van der Waals surface area contributed by atoms with Crippen LogP contribution in [-0.2, 0) is 26.6 Å². The molecule has 23 heavy (non-hydrogen) atoms. The summed E-state index contributed by atoms with van der Waals surface area (Å²) in [5, 5.41) is 7.45. The van der Waals surface area contributed by atoms with E-state index < -0.39 is 0 Å². The molecule has 1 atom stereocenters. The monoisotopic (exact) mass is 318 g/mol. The SMILES string of the molecule is CCCn1nc2n(c1=O)CCC(NC(=O)c1cncn1C)CC2. The van der Waals surface area contributed by atoms with Crippen LogP contribution in [0.4, 0.5) is 0 Å². The van der Waals surface area contributed by atoms with Crippen LogP contribution in [0.3, 0.4) is 0 Å². The Morgan fingerprint density at radius 2 is 2.26 bits per heavy atom. The predicted octanol–water partition coefficient (Wildman–Crippen LogP) is 0.323. The van der Waals surface area contributed by atoms with Crippen molar-refractivity contribution in [3.05, 3.63) is 34.5 Å². The number of hydrogen-bond acceptors (Lipinski definition) is 4. The summed E-state index contributed by atoms with van der Waals surface area (Å²) < 4.78 is 4.98. The Bertz CT molecular complexity index is 756. The summed E-state index contributed by atoms with van der Waals surface area (Å²) in [6.07, 6.45) is 6.26. The van der Waals surface area contributed by atoms with Crippen molar-refractivity contribution in [1.82, 2.24) is 29.2 Å². The number of carbonyl (C=O) groups excluding carboxylic acids is 1. The van der Waals surface area contributed by atoms with Crippen LogP contribution in [0.25, 0.3) is 0 Å². The summed E-state index contributed by atoms with van der Waals surface area (Å²) in [4.78, 5) is 28.5. The number of carbonyl (C=O) groups is 1. The van der Waals surface area contributed by atoms with E-state index in [4.69, 9.17) is 0 Å². The molecular weight excluding hydrogens is 296 g/mol. The molecule has 2 aromatic rings. The first-order valence-electron chi connectivity index (χ1n) is 8.04. The largest absolute Gasteiger partial charge is 0.348 e. The number of aromatic nitrogens is 5. The smallest absolute Gasteiger partial charge is 0.345 e. The minimum absolute atomic E-state index is 0.0399. The molecule has 1 unspecified atom stereocenters. The third-order valence-corrected chi connectivity index (χ3v) is 4.24. The van der Waals surface area contributed by atoms with Crippen molar-refractivity contribution in [3.8, 4) is 0 Å². The first-order valence-corrected chi connectivity index (χ1v) is 8.04. The van der Waals surface area contributed by atoms with E-state index in [0.29, 0.717) is 25.2 Å². The maximum absolute atomic E-state index is 12.3. The Morgan fingerprint density at radius 3 is 2.96 bits per heavy atom. The van der Waals surface area contributed by atoms with Crippen LogP contribution in [0.5, 0.6) is 0 Å². The molecule has 8 nitrogen and oxygen atoms in total. The van der Waals surface area contributed by atoms with Crippen LogP contribution < -0.4 is 11.0 Å². The molecular formula is C15H22N6O2. The molecule has 2 aromatic heterocycles. The Balaban J connectivity index is 1.67. The molecule has 0 fully saturated rings. The number of nitrogens with zero attached hydrogens (tertiary/aromatic N) is 5. The third kappa shape index (κ3) is 3.06. The van der Waals surface area contributed by atoms with Crippen molar-refractivity contribution in [2.75, 3.05) is 0 Å². The fraction of sp³-hybridized carbons (Fsp3) is 0.600. The molecule has 0 radical (unpaired) electrons. The summed E-state index contributed by atoms with van der Waals surface area (Å²) in [6.45, 7) is 3.27. The minimum atomic E-state index is -0.127. The number of imidazole rings is 1. The first-order chi connectivity index (χ1) is 11.1. The standard InChI is InChI=1S/C15H22N6O2/c1-3-7-21-15(23)20-8-6-11(4-5-13(20)18-21)17-14(22)12-9-16-10-19(12)2/h9-11H,3-8H2,1-2H3,(H,17,22). The van der Waals surface area contributed by atoms with E-state index in [2.05, 4.69) is 15.4 Å². The average Bonchev–Trinajstić information content (AvgIpc) is 3.01. The summed E-state index contributed by atoms with van der Waals surface area (Å²) in [5.74, 6) is 0.693. The molecule has 1 amide bonds. The van der Waals surface area contributed by atoms with Crippen LogP contribution in [0.1, 0.15) is 42.5 Å². The Labute approximate surface area is 134 Å². The lowest BCUT2D eigenvalue weighted by molar-refractivity contribution is 0.0924. The maximum atomic E-state index is 12.3. The predicted molar refractivity (Wildman–Crippen MR) is 84.2 cm³/mol. The molecule has 8 heteroatoms. The van der Waals surface area contributed by atoms with E-state index in [1.165, 1.54) is 0 Å². The Morgan fingerprint density at radius 1 is 1.43 bits per heavy atom. The lowest BCUT2D eigenvalue weighted by atomic mass is 10.1. The highest BCUT2D eigenvalue weighted by Crippen LogP contribution is 2.12. The lowest BCUT2D eigenvalue weighted by Gasteiger charge is -2.16. The summed E-state index contributed by atoms with van der Waals surface area (Å²) in [6, 6.07) is 0.0399. The number of aryl methyl sites for hydroxylation is 3. The molecule has 0 spiro atoms. The second-order valence-electron chi connectivity index (χ2n) is 5.96. The van der Waals surface area contributed by atoms with Crippen LogP contribution >= 0.6 is 0 Å². The quantitative estimate of drug-likeness (QED) is 0.880. The normalized spacial score (nSPS) is 17.6. The highest BCUT2D eigenvalue weighted by molar-refractivity contribution is 5.92. The van der Waals surface area contributed by atoms with E-state index >= 15 is 0 Å². The number of amides is 1. The van der Waals surface area contributed by atoms with Crippen molar-refractivity contribution in [2.45, 2.75) is 51.7 Å². The van der Waals surface area contributed by atoms with Crippen molar-refractivity contribution in [3.63, 3.8) is 0 Å². The highest BCUT2D eigenvalue weighted by atomic mass is 16.2. The highest BCUT2D eigenvalue weighted by Gasteiger charge is 2.22. The minimum Gasteiger partial charge on any atom is -0.348 e. The fourth-order valence-electron chi connectivity index (χ4n) is 2.97. The van der Waals surface area contributed by atoms with Crippen molar-refractivity contribution in [2.24, 2.45) is 7.05 Å². The summed E-state index contributed by atoms with van der Waals surface area (Å²) in [7, 11) is 1.79. The second kappa shape index (κ2) is 6.39. The van der Waals surface area contributed by atoms with Gasteiger partial charge in [-0.05, 0) is 19.3 Å². The molecule has 1 aliphatic rings. The molecule has 1 aliphatic heterocycles. The number of rotatable bonds is 4.